The van der Waals surface area contributed by atoms with E-state index in [1.807, 2.05) is 36.4 Å². The van der Waals surface area contributed by atoms with Crippen LogP contribution < -0.4 is 21.7 Å². The lowest BCUT2D eigenvalue weighted by atomic mass is 10.0. The molecule has 0 atom stereocenters. The molecule has 0 saturated heterocycles. The summed E-state index contributed by atoms with van der Waals surface area (Å²) in [5.74, 6) is -0.559. The Hall–Kier alpha value is -3.43. The summed E-state index contributed by atoms with van der Waals surface area (Å²) >= 11 is 0. The summed E-state index contributed by atoms with van der Waals surface area (Å²) < 4.78 is 5.32. The fourth-order valence-electron chi connectivity index (χ4n) is 2.84. The zero-order valence-corrected chi connectivity index (χ0v) is 15.9. The number of aromatic nitrogens is 2. The van der Waals surface area contributed by atoms with E-state index in [1.165, 1.54) is 0 Å². The van der Waals surface area contributed by atoms with Crippen molar-refractivity contribution in [3.05, 3.63) is 74.1 Å². The van der Waals surface area contributed by atoms with Crippen LogP contribution in [0.2, 0.25) is 0 Å². The first kappa shape index (κ1) is 21.9. The lowest BCUT2D eigenvalue weighted by Crippen LogP contribution is -2.30. The molecule has 3 aromatic rings. The van der Waals surface area contributed by atoms with Gasteiger partial charge in [-0.3, -0.25) is 9.78 Å². The van der Waals surface area contributed by atoms with Crippen molar-refractivity contribution in [1.29, 1.82) is 0 Å². The number of nitrogens with two attached hydrogens (primary N) is 1. The van der Waals surface area contributed by atoms with Crippen LogP contribution >= 0.6 is 0 Å². The summed E-state index contributed by atoms with van der Waals surface area (Å²) in [4.78, 5) is 38.7. The number of ether oxygens (including phenoxy) is 1. The molecule has 2 aromatic carbocycles. The largest absolute Gasteiger partial charge is 0.496 e. The Morgan fingerprint density at radius 2 is 1.86 bits per heavy atom. The molecule has 29 heavy (non-hydrogen) atoms. The van der Waals surface area contributed by atoms with Gasteiger partial charge < -0.3 is 25.7 Å². The van der Waals surface area contributed by atoms with E-state index in [0.717, 1.165) is 22.1 Å². The van der Waals surface area contributed by atoms with Crippen LogP contribution in [0.3, 0.4) is 0 Å². The number of carboxylic acids is 1. The highest BCUT2D eigenvalue weighted by Crippen LogP contribution is 2.26. The molecule has 0 unspecified atom stereocenters. The second-order valence-corrected chi connectivity index (χ2v) is 6.09. The van der Waals surface area contributed by atoms with Crippen LogP contribution in [0.25, 0.3) is 10.8 Å². The van der Waals surface area contributed by atoms with Gasteiger partial charge in [0, 0.05) is 17.5 Å². The minimum Gasteiger partial charge on any atom is -0.496 e. The van der Waals surface area contributed by atoms with Crippen LogP contribution in [0.1, 0.15) is 21.6 Å². The summed E-state index contributed by atoms with van der Waals surface area (Å²) in [6, 6.07) is 11.5. The second-order valence-electron chi connectivity index (χ2n) is 6.09. The van der Waals surface area contributed by atoms with Crippen LogP contribution in [0.5, 0.6) is 5.75 Å². The van der Waals surface area contributed by atoms with Gasteiger partial charge in [0.2, 0.25) is 0 Å². The molecule has 9 heteroatoms. The lowest BCUT2D eigenvalue weighted by molar-refractivity contribution is 0.0688. The number of carbonyl (C=O) groups is 1. The lowest BCUT2D eigenvalue weighted by Gasteiger charge is -2.08. The highest BCUT2D eigenvalue weighted by atomic mass is 16.5. The number of nitrogens with one attached hydrogen (secondary N) is 2. The number of aryl methyl sites for hydroxylation is 1. The fraction of sp³-hybridized carbons (Fsp3) is 0.250. The number of aliphatic hydroxyl groups excluding tert-OH is 1. The zero-order chi connectivity index (χ0) is 21.4. The number of aromatic carboxylic acids is 1. The highest BCUT2D eigenvalue weighted by Gasteiger charge is 2.15. The van der Waals surface area contributed by atoms with E-state index in [9.17, 15) is 19.5 Å². The predicted octanol–water partition coefficient (Wildman–Crippen LogP) is 0.646. The third-order valence-electron chi connectivity index (χ3n) is 4.17. The van der Waals surface area contributed by atoms with Crippen molar-refractivity contribution in [1.82, 2.24) is 9.97 Å². The maximum absolute atomic E-state index is 11.9. The molecule has 0 saturated carbocycles. The van der Waals surface area contributed by atoms with Crippen LogP contribution in [-0.2, 0) is 12.8 Å². The average molecular weight is 401 g/mol. The Bertz CT molecular complexity index is 1100. The molecule has 0 aliphatic rings. The predicted molar refractivity (Wildman–Crippen MR) is 109 cm³/mol. The molecule has 9 nitrogen and oxygen atoms in total. The number of aliphatic hydroxyl groups is 1. The van der Waals surface area contributed by atoms with Gasteiger partial charge in [0.25, 0.3) is 5.56 Å². The molecule has 1 heterocycles. The SMILES string of the molecule is COc1cccc2cc(CCc3c(C(=O)O)[nH]c(=O)[nH]c3=O)ccc12.NCCO. The van der Waals surface area contributed by atoms with Crippen molar-refractivity contribution in [3.8, 4) is 5.75 Å². The molecule has 6 N–H and O–H groups in total. The second kappa shape index (κ2) is 10.2. The molecule has 0 fully saturated rings. The van der Waals surface area contributed by atoms with Gasteiger partial charge >= 0.3 is 11.7 Å². The van der Waals surface area contributed by atoms with Crippen molar-refractivity contribution in [3.63, 3.8) is 0 Å². The molecule has 0 aliphatic carbocycles. The average Bonchev–Trinajstić information content (AvgIpc) is 2.72. The van der Waals surface area contributed by atoms with E-state index in [0.29, 0.717) is 13.0 Å². The quantitative estimate of drug-likeness (QED) is 0.405. The summed E-state index contributed by atoms with van der Waals surface area (Å²) in [7, 11) is 1.61. The first-order chi connectivity index (χ1) is 13.9. The number of fused-ring (bicyclic) bond motifs is 1. The molecule has 154 valence electrons. The van der Waals surface area contributed by atoms with Gasteiger partial charge in [-0.2, -0.15) is 0 Å². The van der Waals surface area contributed by atoms with Crippen molar-refractivity contribution in [2.45, 2.75) is 12.8 Å². The third-order valence-corrected chi connectivity index (χ3v) is 4.17. The molecule has 0 aliphatic heterocycles. The van der Waals surface area contributed by atoms with Gasteiger partial charge in [-0.25, -0.2) is 9.59 Å². The molecular weight excluding hydrogens is 378 g/mol. The minimum atomic E-state index is -1.33. The van der Waals surface area contributed by atoms with Crippen molar-refractivity contribution in [2.24, 2.45) is 5.73 Å². The molecular formula is C20H23N3O6. The van der Waals surface area contributed by atoms with Crippen LogP contribution in [0, 0.1) is 0 Å². The fourth-order valence-corrected chi connectivity index (χ4v) is 2.84. The normalized spacial score (nSPS) is 10.3. The number of rotatable bonds is 6. The van der Waals surface area contributed by atoms with Crippen LogP contribution in [0.4, 0.5) is 0 Å². The number of H-pyrrole nitrogens is 2. The highest BCUT2D eigenvalue weighted by molar-refractivity contribution is 5.89. The molecule has 3 rings (SSSR count). The molecule has 0 amide bonds. The first-order valence-electron chi connectivity index (χ1n) is 8.86. The van der Waals surface area contributed by atoms with E-state index in [4.69, 9.17) is 15.6 Å². The van der Waals surface area contributed by atoms with Gasteiger partial charge in [0.1, 0.15) is 11.4 Å². The number of carboxylic acid groups (broad SMARTS) is 1. The molecule has 1 aromatic heterocycles. The van der Waals surface area contributed by atoms with Gasteiger partial charge in [-0.1, -0.05) is 30.3 Å². The Labute approximate surface area is 165 Å². The van der Waals surface area contributed by atoms with Crippen molar-refractivity contribution < 1.29 is 19.7 Å². The standard InChI is InChI=1S/C18H16N2O5.C2H7NO/c1-25-14-4-2-3-11-9-10(5-7-12(11)14)6-8-13-15(17(22)23)19-18(24)20-16(13)21;3-1-2-4/h2-5,7,9H,6,8H2,1H3,(H,22,23)(H2,19,20,21,24);4H,1-3H2. The number of benzene rings is 2. The van der Waals surface area contributed by atoms with Gasteiger partial charge in [0.05, 0.1) is 13.7 Å². The number of aromatic amines is 2. The molecule has 0 spiro atoms. The van der Waals surface area contributed by atoms with Crippen LogP contribution in [-0.4, -0.2) is 46.4 Å². The Balaban J connectivity index is 0.000000687. The summed E-state index contributed by atoms with van der Waals surface area (Å²) in [6.45, 7) is 0.472. The van der Waals surface area contributed by atoms with Crippen molar-refractivity contribution >= 4 is 16.7 Å². The Morgan fingerprint density at radius 3 is 2.48 bits per heavy atom. The monoisotopic (exact) mass is 401 g/mol. The van der Waals surface area contributed by atoms with E-state index in [2.05, 4.69) is 9.97 Å². The maximum Gasteiger partial charge on any atom is 0.352 e. The summed E-state index contributed by atoms with van der Waals surface area (Å²) in [6.07, 6.45) is 0.659. The number of hydrogen-bond acceptors (Lipinski definition) is 6. The minimum absolute atomic E-state index is 0.0536. The molecule has 0 bridgehead atoms. The molecule has 0 radical (unpaired) electrons. The summed E-state index contributed by atoms with van der Waals surface area (Å²) in [5, 5.41) is 18.9. The van der Waals surface area contributed by atoms with E-state index in [-0.39, 0.29) is 24.3 Å². The first-order valence-corrected chi connectivity index (χ1v) is 8.86. The van der Waals surface area contributed by atoms with Gasteiger partial charge in [-0.05, 0) is 29.9 Å². The Morgan fingerprint density at radius 1 is 1.14 bits per heavy atom. The Kier molecular flexibility index (Phi) is 7.70. The smallest absolute Gasteiger partial charge is 0.352 e. The number of methoxy groups -OCH3 is 1. The van der Waals surface area contributed by atoms with Crippen molar-refractivity contribution in [2.75, 3.05) is 20.3 Å². The summed E-state index contributed by atoms with van der Waals surface area (Å²) in [5.41, 5.74) is 3.91. The topological polar surface area (TPSA) is 158 Å². The van der Waals surface area contributed by atoms with E-state index in [1.54, 1.807) is 7.11 Å². The van der Waals surface area contributed by atoms with Gasteiger partial charge in [-0.15, -0.1) is 0 Å². The van der Waals surface area contributed by atoms with E-state index >= 15 is 0 Å². The number of hydrogen-bond donors (Lipinski definition) is 5. The maximum atomic E-state index is 11.9. The third kappa shape index (κ3) is 5.53. The zero-order valence-electron chi connectivity index (χ0n) is 15.9. The van der Waals surface area contributed by atoms with Gasteiger partial charge in [0.15, 0.2) is 0 Å². The van der Waals surface area contributed by atoms with Crippen LogP contribution in [0.15, 0.2) is 46.0 Å². The van der Waals surface area contributed by atoms with E-state index < -0.39 is 17.2 Å².